The predicted molar refractivity (Wildman–Crippen MR) is 54.4 cm³/mol. The van der Waals surface area contributed by atoms with Gasteiger partial charge in [0.15, 0.2) is 0 Å². The van der Waals surface area contributed by atoms with Crippen LogP contribution in [0.1, 0.15) is 0 Å². The van der Waals surface area contributed by atoms with E-state index in [1.165, 1.54) is 0 Å². The maximum Gasteiger partial charge on any atom is 0.0213 e. The van der Waals surface area contributed by atoms with Crippen molar-refractivity contribution in [3.05, 3.63) is 0 Å². The normalized spacial score (nSPS) is 25.5. The molecule has 1 aliphatic heterocycles. The van der Waals surface area contributed by atoms with Crippen molar-refractivity contribution < 1.29 is 0 Å². The van der Waals surface area contributed by atoms with E-state index in [4.69, 9.17) is 10.7 Å². The van der Waals surface area contributed by atoms with Gasteiger partial charge in [0.2, 0.25) is 0 Å². The van der Waals surface area contributed by atoms with Gasteiger partial charge in [-0.1, -0.05) is 10.7 Å². The van der Waals surface area contributed by atoms with Crippen LogP contribution in [0, 0.1) is 0 Å². The Labute approximate surface area is 75.4 Å². The van der Waals surface area contributed by atoms with E-state index in [2.05, 4.69) is 28.8 Å². The van der Waals surface area contributed by atoms with Crippen LogP contribution in [0.3, 0.4) is 0 Å². The third-order valence-corrected chi connectivity index (χ3v) is 4.25. The second-order valence-corrected chi connectivity index (χ2v) is 8.47. The number of likely N-dealkylation sites (N-methyl/N-ethyl adjacent to an activating group) is 1. The number of hydrogen-bond acceptors (Lipinski definition) is 2. The quantitative estimate of drug-likeness (QED) is 0.625. The van der Waals surface area contributed by atoms with Crippen LogP contribution in [-0.4, -0.2) is 54.9 Å². The minimum Gasteiger partial charge on any atom is -0.304 e. The number of nitrogens with zero attached hydrogens (tertiary/aromatic N) is 2. The van der Waals surface area contributed by atoms with Gasteiger partial charge in [-0.05, 0) is 19.6 Å². The van der Waals surface area contributed by atoms with Crippen LogP contribution in [0.15, 0.2) is 0 Å². The molecule has 4 heteroatoms. The van der Waals surface area contributed by atoms with Gasteiger partial charge >= 0.3 is 0 Å². The molecule has 0 aromatic carbocycles. The zero-order chi connectivity index (χ0) is 8.48. The highest BCUT2D eigenvalue weighted by Gasteiger charge is 2.22. The van der Waals surface area contributed by atoms with E-state index in [0.717, 1.165) is 26.2 Å². The molecule has 0 spiro atoms. The van der Waals surface area contributed by atoms with E-state index in [1.54, 1.807) is 0 Å². The molecular formula is C7H17ClN2S. The van der Waals surface area contributed by atoms with E-state index in [0.29, 0.717) is 0 Å². The van der Waals surface area contributed by atoms with Crippen LogP contribution in [0.2, 0.25) is 0 Å². The average molecular weight is 197 g/mol. The largest absolute Gasteiger partial charge is 0.304 e. The van der Waals surface area contributed by atoms with E-state index in [9.17, 15) is 0 Å². The zero-order valence-electron chi connectivity index (χ0n) is 7.51. The summed E-state index contributed by atoms with van der Waals surface area (Å²) in [6.07, 6.45) is 4.28. The average Bonchev–Trinajstić information content (AvgIpc) is 1.86. The Balaban J connectivity index is 2.39. The van der Waals surface area contributed by atoms with Crippen molar-refractivity contribution in [3.63, 3.8) is 0 Å². The monoisotopic (exact) mass is 196 g/mol. The first-order valence-electron chi connectivity index (χ1n) is 3.87. The summed E-state index contributed by atoms with van der Waals surface area (Å²) >= 11 is 0. The van der Waals surface area contributed by atoms with E-state index < -0.39 is 9.43 Å². The van der Waals surface area contributed by atoms with Crippen molar-refractivity contribution in [3.8, 4) is 0 Å². The second-order valence-electron chi connectivity index (χ2n) is 3.38. The summed E-state index contributed by atoms with van der Waals surface area (Å²) in [7, 11) is 7.44. The summed E-state index contributed by atoms with van der Waals surface area (Å²) < 4.78 is 2.40. The Morgan fingerprint density at radius 2 is 1.55 bits per heavy atom. The van der Waals surface area contributed by atoms with Gasteiger partial charge in [-0.15, -0.1) is 9.43 Å². The van der Waals surface area contributed by atoms with Gasteiger partial charge in [0.25, 0.3) is 0 Å². The summed E-state index contributed by atoms with van der Waals surface area (Å²) in [5.74, 6) is 0. The minimum atomic E-state index is -0.970. The van der Waals surface area contributed by atoms with Gasteiger partial charge in [0, 0.05) is 26.2 Å². The number of halogens is 1. The summed E-state index contributed by atoms with van der Waals surface area (Å²) in [5, 5.41) is 0. The van der Waals surface area contributed by atoms with Gasteiger partial charge < -0.3 is 4.90 Å². The maximum absolute atomic E-state index is 6.25. The van der Waals surface area contributed by atoms with E-state index in [-0.39, 0.29) is 0 Å². The Kier molecular flexibility index (Phi) is 3.09. The van der Waals surface area contributed by atoms with Crippen molar-refractivity contribution in [2.24, 2.45) is 0 Å². The fraction of sp³-hybridized carbons (Fsp3) is 1.00. The van der Waals surface area contributed by atoms with Crippen molar-refractivity contribution in [2.45, 2.75) is 0 Å². The van der Waals surface area contributed by atoms with Crippen molar-refractivity contribution in [1.29, 1.82) is 0 Å². The molecule has 0 aromatic rings. The molecule has 1 rings (SSSR count). The number of hydrogen-bond donors (Lipinski definition) is 0. The van der Waals surface area contributed by atoms with Crippen molar-refractivity contribution >= 4 is 20.1 Å². The van der Waals surface area contributed by atoms with Gasteiger partial charge in [-0.2, -0.15) is 0 Å². The molecule has 68 valence electrons. The molecule has 0 amide bonds. The molecule has 1 heterocycles. The fourth-order valence-electron chi connectivity index (χ4n) is 1.22. The van der Waals surface area contributed by atoms with E-state index >= 15 is 0 Å². The molecule has 0 atom stereocenters. The fourth-order valence-corrected chi connectivity index (χ4v) is 2.67. The Morgan fingerprint density at radius 3 is 1.91 bits per heavy atom. The predicted octanol–water partition coefficient (Wildman–Crippen LogP) is 1.37. The van der Waals surface area contributed by atoms with Crippen molar-refractivity contribution in [2.75, 3.05) is 45.7 Å². The summed E-state index contributed by atoms with van der Waals surface area (Å²) in [6, 6.07) is 0. The maximum atomic E-state index is 6.25. The SMILES string of the molecule is CN1CCN(S(C)(C)Cl)CC1. The standard InChI is InChI=1S/C7H17ClN2S/c1-9-4-6-10(7-5-9)11(2,3)8/h4-7H2,1-3H3. The lowest BCUT2D eigenvalue weighted by molar-refractivity contribution is 0.231. The molecule has 0 aliphatic carbocycles. The third kappa shape index (κ3) is 2.82. The first-order chi connectivity index (χ1) is 5.00. The lowest BCUT2D eigenvalue weighted by Gasteiger charge is -2.42. The zero-order valence-corrected chi connectivity index (χ0v) is 9.08. The van der Waals surface area contributed by atoms with Gasteiger partial charge in [0.05, 0.1) is 0 Å². The number of rotatable bonds is 1. The highest BCUT2D eigenvalue weighted by molar-refractivity contribution is 8.48. The lowest BCUT2D eigenvalue weighted by atomic mass is 10.4. The molecule has 0 radical (unpaired) electrons. The summed E-state index contributed by atoms with van der Waals surface area (Å²) in [6.45, 7) is 4.57. The van der Waals surface area contributed by atoms with Crippen LogP contribution in [-0.2, 0) is 0 Å². The molecule has 11 heavy (non-hydrogen) atoms. The lowest BCUT2D eigenvalue weighted by Crippen LogP contribution is -2.43. The summed E-state index contributed by atoms with van der Waals surface area (Å²) in [4.78, 5) is 2.35. The Hall–Kier alpha value is 0.560. The van der Waals surface area contributed by atoms with Crippen LogP contribution in [0.5, 0.6) is 0 Å². The second kappa shape index (κ2) is 3.52. The van der Waals surface area contributed by atoms with E-state index in [1.807, 2.05) is 0 Å². The molecule has 0 aromatic heterocycles. The molecule has 1 aliphatic rings. The Bertz CT molecular complexity index is 127. The van der Waals surface area contributed by atoms with Gasteiger partial charge in [-0.25, -0.2) is 0 Å². The van der Waals surface area contributed by atoms with Crippen LogP contribution in [0.4, 0.5) is 0 Å². The Morgan fingerprint density at radius 1 is 1.09 bits per heavy atom. The van der Waals surface area contributed by atoms with Crippen LogP contribution >= 0.6 is 20.1 Å². The summed E-state index contributed by atoms with van der Waals surface area (Å²) in [5.41, 5.74) is 0. The topological polar surface area (TPSA) is 6.48 Å². The first-order valence-corrected chi connectivity index (χ1v) is 7.10. The number of piperazine rings is 1. The third-order valence-electron chi connectivity index (χ3n) is 2.08. The molecule has 1 saturated heterocycles. The molecule has 0 saturated carbocycles. The van der Waals surface area contributed by atoms with Crippen LogP contribution in [0.25, 0.3) is 0 Å². The smallest absolute Gasteiger partial charge is 0.0213 e. The minimum absolute atomic E-state index is 0.970. The van der Waals surface area contributed by atoms with Gasteiger partial charge in [0.1, 0.15) is 0 Å². The first kappa shape index (κ1) is 9.65. The van der Waals surface area contributed by atoms with Gasteiger partial charge in [-0.3, -0.25) is 4.31 Å². The highest BCUT2D eigenvalue weighted by atomic mass is 35.7. The highest BCUT2D eigenvalue weighted by Crippen LogP contribution is 2.49. The molecule has 0 unspecified atom stereocenters. The molecule has 0 bridgehead atoms. The van der Waals surface area contributed by atoms with Crippen molar-refractivity contribution in [1.82, 2.24) is 9.21 Å². The molecule has 2 nitrogen and oxygen atoms in total. The molecule has 0 N–H and O–H groups in total. The van der Waals surface area contributed by atoms with Crippen LogP contribution < -0.4 is 0 Å². The molecular weight excluding hydrogens is 180 g/mol. The molecule has 1 fully saturated rings.